The van der Waals surface area contributed by atoms with E-state index in [1.165, 1.54) is 6.92 Å². The Morgan fingerprint density at radius 2 is 1.76 bits per heavy atom. The summed E-state index contributed by atoms with van der Waals surface area (Å²) in [6.45, 7) is 1.73. The molecule has 0 spiro atoms. The van der Waals surface area contributed by atoms with E-state index >= 15 is 0 Å². The van der Waals surface area contributed by atoms with Crippen LogP contribution >= 0.6 is 0 Å². The molecule has 0 saturated heterocycles. The van der Waals surface area contributed by atoms with Crippen LogP contribution in [0.15, 0.2) is 24.3 Å². The second kappa shape index (κ2) is 6.72. The van der Waals surface area contributed by atoms with Crippen molar-refractivity contribution in [2.45, 2.75) is 44.6 Å². The number of hydrogen-bond donors (Lipinski definition) is 3. The summed E-state index contributed by atoms with van der Waals surface area (Å²) in [7, 11) is 0. The van der Waals surface area contributed by atoms with Crippen LogP contribution in [0.1, 0.15) is 49.4 Å². The molecule has 1 fully saturated rings. The molecule has 1 saturated carbocycles. The monoisotopic (exact) mass is 290 g/mol. The number of nitrogens with one attached hydrogen (secondary N) is 2. The fourth-order valence-corrected chi connectivity index (χ4v) is 2.64. The summed E-state index contributed by atoms with van der Waals surface area (Å²) < 4.78 is 0. The Balaban J connectivity index is 1.89. The van der Waals surface area contributed by atoms with E-state index in [-0.39, 0.29) is 11.8 Å². The van der Waals surface area contributed by atoms with Crippen molar-refractivity contribution < 1.29 is 14.7 Å². The zero-order valence-corrected chi connectivity index (χ0v) is 12.3. The van der Waals surface area contributed by atoms with Gasteiger partial charge >= 0.3 is 0 Å². The Bertz CT molecular complexity index is 505. The Morgan fingerprint density at radius 1 is 1.14 bits per heavy atom. The van der Waals surface area contributed by atoms with Gasteiger partial charge in [-0.05, 0) is 37.1 Å². The van der Waals surface area contributed by atoms with Crippen LogP contribution in [-0.2, 0) is 4.79 Å². The first kappa shape index (κ1) is 15.5. The van der Waals surface area contributed by atoms with Crippen molar-refractivity contribution in [3.8, 4) is 0 Å². The van der Waals surface area contributed by atoms with Crippen LogP contribution in [0.4, 0.5) is 5.69 Å². The van der Waals surface area contributed by atoms with E-state index < -0.39 is 5.60 Å². The summed E-state index contributed by atoms with van der Waals surface area (Å²) in [5, 5.41) is 15.8. The predicted molar refractivity (Wildman–Crippen MR) is 81.1 cm³/mol. The van der Waals surface area contributed by atoms with E-state index in [9.17, 15) is 14.7 Å². The summed E-state index contributed by atoms with van der Waals surface area (Å²) in [5.74, 6) is -0.352. The molecule has 0 unspecified atom stereocenters. The molecule has 114 valence electrons. The molecule has 0 aromatic heterocycles. The molecule has 0 radical (unpaired) electrons. The van der Waals surface area contributed by atoms with E-state index in [4.69, 9.17) is 0 Å². The zero-order chi connectivity index (χ0) is 15.3. The maximum absolute atomic E-state index is 12.1. The minimum atomic E-state index is -0.760. The second-order valence-electron chi connectivity index (χ2n) is 5.73. The van der Waals surface area contributed by atoms with Gasteiger partial charge in [0.1, 0.15) is 0 Å². The molecule has 1 aliphatic carbocycles. The lowest BCUT2D eigenvalue weighted by Crippen LogP contribution is -2.44. The number of carbonyl (C=O) groups is 2. The first-order valence-corrected chi connectivity index (χ1v) is 7.37. The van der Waals surface area contributed by atoms with Crippen molar-refractivity contribution >= 4 is 17.5 Å². The van der Waals surface area contributed by atoms with Crippen molar-refractivity contribution in [3.63, 3.8) is 0 Å². The Labute approximate surface area is 124 Å². The quantitative estimate of drug-likeness (QED) is 0.794. The topological polar surface area (TPSA) is 78.4 Å². The molecular weight excluding hydrogens is 268 g/mol. The second-order valence-corrected chi connectivity index (χ2v) is 5.73. The van der Waals surface area contributed by atoms with E-state index in [0.717, 1.165) is 32.1 Å². The lowest BCUT2D eigenvalue weighted by atomic mass is 9.85. The summed E-state index contributed by atoms with van der Waals surface area (Å²) in [5.41, 5.74) is 0.415. The first-order valence-electron chi connectivity index (χ1n) is 7.37. The highest BCUT2D eigenvalue weighted by molar-refractivity contribution is 5.95. The summed E-state index contributed by atoms with van der Waals surface area (Å²) >= 11 is 0. The third-order valence-electron chi connectivity index (χ3n) is 3.83. The first-order chi connectivity index (χ1) is 9.98. The van der Waals surface area contributed by atoms with Crippen LogP contribution in [0.3, 0.4) is 0 Å². The summed E-state index contributed by atoms with van der Waals surface area (Å²) in [4.78, 5) is 23.0. The molecule has 0 heterocycles. The standard InChI is InChI=1S/C16H22N2O3/c1-12(19)18-14-7-5-13(6-8-14)15(20)17-11-16(21)9-3-2-4-10-16/h5-8,21H,2-4,9-11H2,1H3,(H,17,20)(H,18,19). The minimum Gasteiger partial charge on any atom is -0.388 e. The minimum absolute atomic E-state index is 0.147. The number of carbonyl (C=O) groups excluding carboxylic acids is 2. The molecule has 2 rings (SSSR count). The smallest absolute Gasteiger partial charge is 0.251 e. The van der Waals surface area contributed by atoms with Crippen LogP contribution < -0.4 is 10.6 Å². The third-order valence-corrected chi connectivity index (χ3v) is 3.83. The fourth-order valence-electron chi connectivity index (χ4n) is 2.64. The Kier molecular flexibility index (Phi) is 4.96. The van der Waals surface area contributed by atoms with E-state index in [0.29, 0.717) is 17.8 Å². The van der Waals surface area contributed by atoms with Gasteiger partial charge in [0, 0.05) is 24.7 Å². The predicted octanol–water partition coefficient (Wildman–Crippen LogP) is 2.07. The van der Waals surface area contributed by atoms with Gasteiger partial charge in [-0.3, -0.25) is 9.59 Å². The normalized spacial score (nSPS) is 17.0. The van der Waals surface area contributed by atoms with Crippen molar-refractivity contribution in [3.05, 3.63) is 29.8 Å². The van der Waals surface area contributed by atoms with Gasteiger partial charge in [-0.1, -0.05) is 19.3 Å². The van der Waals surface area contributed by atoms with Crippen LogP contribution in [0.2, 0.25) is 0 Å². The maximum atomic E-state index is 12.1. The highest BCUT2D eigenvalue weighted by Crippen LogP contribution is 2.27. The Hall–Kier alpha value is -1.88. The molecular formula is C16H22N2O3. The van der Waals surface area contributed by atoms with E-state index in [1.807, 2.05) is 0 Å². The highest BCUT2D eigenvalue weighted by Gasteiger charge is 2.29. The average Bonchev–Trinajstić information content (AvgIpc) is 2.46. The molecule has 0 atom stereocenters. The molecule has 1 aliphatic rings. The van der Waals surface area contributed by atoms with Crippen molar-refractivity contribution in [2.75, 3.05) is 11.9 Å². The zero-order valence-electron chi connectivity index (χ0n) is 12.3. The molecule has 2 amide bonds. The average molecular weight is 290 g/mol. The van der Waals surface area contributed by atoms with Gasteiger partial charge in [0.2, 0.25) is 5.91 Å². The molecule has 0 bridgehead atoms. The van der Waals surface area contributed by atoms with E-state index in [2.05, 4.69) is 10.6 Å². The highest BCUT2D eigenvalue weighted by atomic mass is 16.3. The van der Waals surface area contributed by atoms with Gasteiger partial charge < -0.3 is 15.7 Å². The van der Waals surface area contributed by atoms with Gasteiger partial charge in [0.05, 0.1) is 5.60 Å². The number of benzene rings is 1. The fraction of sp³-hybridized carbons (Fsp3) is 0.500. The molecule has 1 aromatic rings. The number of hydrogen-bond acceptors (Lipinski definition) is 3. The molecule has 5 nitrogen and oxygen atoms in total. The van der Waals surface area contributed by atoms with Gasteiger partial charge in [0.15, 0.2) is 0 Å². The van der Waals surface area contributed by atoms with Crippen molar-refractivity contribution in [1.82, 2.24) is 5.32 Å². The summed E-state index contributed by atoms with van der Waals surface area (Å²) in [6, 6.07) is 6.69. The molecule has 0 aliphatic heterocycles. The van der Waals surface area contributed by atoms with Crippen molar-refractivity contribution in [2.24, 2.45) is 0 Å². The molecule has 1 aromatic carbocycles. The summed E-state index contributed by atoms with van der Waals surface area (Å²) in [6.07, 6.45) is 4.67. The van der Waals surface area contributed by atoms with Gasteiger partial charge in [-0.2, -0.15) is 0 Å². The van der Waals surface area contributed by atoms with Gasteiger partial charge in [-0.25, -0.2) is 0 Å². The van der Waals surface area contributed by atoms with Gasteiger partial charge in [-0.15, -0.1) is 0 Å². The number of anilines is 1. The maximum Gasteiger partial charge on any atom is 0.251 e. The number of amides is 2. The van der Waals surface area contributed by atoms with Crippen LogP contribution in [-0.4, -0.2) is 29.1 Å². The number of rotatable bonds is 4. The van der Waals surface area contributed by atoms with Crippen LogP contribution in [0, 0.1) is 0 Å². The van der Waals surface area contributed by atoms with Crippen LogP contribution in [0.25, 0.3) is 0 Å². The lowest BCUT2D eigenvalue weighted by molar-refractivity contribution is -0.114. The largest absolute Gasteiger partial charge is 0.388 e. The van der Waals surface area contributed by atoms with E-state index in [1.54, 1.807) is 24.3 Å². The number of aliphatic hydroxyl groups is 1. The Morgan fingerprint density at radius 3 is 2.33 bits per heavy atom. The lowest BCUT2D eigenvalue weighted by Gasteiger charge is -2.32. The third kappa shape index (κ3) is 4.56. The van der Waals surface area contributed by atoms with Crippen LogP contribution in [0.5, 0.6) is 0 Å². The molecule has 21 heavy (non-hydrogen) atoms. The van der Waals surface area contributed by atoms with Gasteiger partial charge in [0.25, 0.3) is 5.91 Å². The molecule has 3 N–H and O–H groups in total. The SMILES string of the molecule is CC(=O)Nc1ccc(C(=O)NCC2(O)CCCCC2)cc1. The van der Waals surface area contributed by atoms with Crippen molar-refractivity contribution in [1.29, 1.82) is 0 Å². The molecule has 5 heteroatoms.